The summed E-state index contributed by atoms with van der Waals surface area (Å²) in [4.78, 5) is 13.1. The summed E-state index contributed by atoms with van der Waals surface area (Å²) in [6, 6.07) is 27.9. The maximum atomic E-state index is 13.1. The minimum Gasteiger partial charge on any atom is -0.325 e. The molecule has 2 nitrogen and oxygen atoms in total. The van der Waals surface area contributed by atoms with Crippen LogP contribution in [0, 0.1) is 0 Å². The normalized spacial score (nSPS) is 10.9. The first-order valence-corrected chi connectivity index (χ1v) is 9.07. The lowest BCUT2D eigenvalue weighted by atomic mass is 9.90. The van der Waals surface area contributed by atoms with E-state index in [0.29, 0.717) is 0 Å². The highest BCUT2D eigenvalue weighted by atomic mass is 32.1. The van der Waals surface area contributed by atoms with Gasteiger partial charge in [-0.1, -0.05) is 60.7 Å². The molecule has 1 heterocycles. The van der Waals surface area contributed by atoms with E-state index in [0.717, 1.165) is 22.2 Å². The van der Waals surface area contributed by atoms with Crippen LogP contribution in [0.4, 0.5) is 5.69 Å². The van der Waals surface area contributed by atoms with E-state index in [1.807, 2.05) is 72.8 Å². The van der Waals surface area contributed by atoms with Crippen LogP contribution in [0.15, 0.2) is 90.3 Å². The first-order valence-electron chi connectivity index (χ1n) is 8.19. The third-order valence-electron chi connectivity index (χ3n) is 4.25. The number of anilines is 1. The molecule has 1 aromatic heterocycles. The van der Waals surface area contributed by atoms with Crippen molar-refractivity contribution in [2.24, 2.45) is 0 Å². The molecule has 0 aliphatic heterocycles. The predicted octanol–water partition coefficient (Wildman–Crippen LogP) is 5.67. The summed E-state index contributed by atoms with van der Waals surface area (Å²) < 4.78 is 1.22. The van der Waals surface area contributed by atoms with E-state index < -0.39 is 0 Å². The van der Waals surface area contributed by atoms with Crippen LogP contribution in [-0.2, 0) is 4.79 Å². The Morgan fingerprint density at radius 3 is 2.08 bits per heavy atom. The van der Waals surface area contributed by atoms with Crippen molar-refractivity contribution >= 4 is 33.0 Å². The molecular formula is C22H17NOS. The molecule has 0 bridgehead atoms. The zero-order valence-corrected chi connectivity index (χ0v) is 14.4. The summed E-state index contributed by atoms with van der Waals surface area (Å²) >= 11 is 1.70. The van der Waals surface area contributed by atoms with Gasteiger partial charge in [-0.25, -0.2) is 0 Å². The van der Waals surface area contributed by atoms with Crippen LogP contribution < -0.4 is 5.32 Å². The molecule has 0 radical (unpaired) electrons. The maximum Gasteiger partial charge on any atom is 0.236 e. The molecule has 0 aliphatic carbocycles. The highest BCUT2D eigenvalue weighted by Gasteiger charge is 2.22. The molecule has 122 valence electrons. The Morgan fingerprint density at radius 1 is 0.800 bits per heavy atom. The van der Waals surface area contributed by atoms with Gasteiger partial charge in [0.25, 0.3) is 0 Å². The number of carbonyl (C=O) groups is 1. The van der Waals surface area contributed by atoms with Gasteiger partial charge in [0.15, 0.2) is 0 Å². The fraction of sp³-hybridized carbons (Fsp3) is 0.0455. The lowest BCUT2D eigenvalue weighted by Gasteiger charge is -2.18. The highest BCUT2D eigenvalue weighted by molar-refractivity contribution is 7.17. The van der Waals surface area contributed by atoms with Gasteiger partial charge in [-0.05, 0) is 46.2 Å². The van der Waals surface area contributed by atoms with Crippen LogP contribution in [0.1, 0.15) is 17.0 Å². The summed E-state index contributed by atoms with van der Waals surface area (Å²) in [5.41, 5.74) is 2.80. The smallest absolute Gasteiger partial charge is 0.236 e. The molecular weight excluding hydrogens is 326 g/mol. The second-order valence-corrected chi connectivity index (χ2v) is 6.86. The number of nitrogens with one attached hydrogen (secondary N) is 1. The van der Waals surface area contributed by atoms with Crippen LogP contribution in [0.3, 0.4) is 0 Å². The standard InChI is InChI=1S/C22H17NOS/c24-22(23-19-11-12-20-18(15-19)13-14-25-20)21(16-7-3-1-4-8-16)17-9-5-2-6-10-17/h1-15,21H,(H,23,24). The quantitative estimate of drug-likeness (QED) is 0.508. The molecule has 0 aliphatic rings. The number of carbonyl (C=O) groups excluding carboxylic acids is 1. The number of fused-ring (bicyclic) bond motifs is 1. The van der Waals surface area contributed by atoms with Crippen molar-refractivity contribution in [2.75, 3.05) is 5.32 Å². The van der Waals surface area contributed by atoms with E-state index >= 15 is 0 Å². The maximum absolute atomic E-state index is 13.1. The fourth-order valence-corrected chi connectivity index (χ4v) is 3.82. The Morgan fingerprint density at radius 2 is 1.44 bits per heavy atom. The van der Waals surface area contributed by atoms with Crippen LogP contribution in [0.2, 0.25) is 0 Å². The van der Waals surface area contributed by atoms with Gasteiger partial charge in [-0.2, -0.15) is 0 Å². The molecule has 0 fully saturated rings. The van der Waals surface area contributed by atoms with Gasteiger partial charge in [-0.3, -0.25) is 4.79 Å². The first kappa shape index (κ1) is 15.6. The lowest BCUT2D eigenvalue weighted by Crippen LogP contribution is -2.22. The molecule has 4 rings (SSSR count). The molecule has 3 heteroatoms. The average molecular weight is 343 g/mol. The molecule has 3 aromatic carbocycles. The second-order valence-electron chi connectivity index (χ2n) is 5.92. The zero-order valence-electron chi connectivity index (χ0n) is 13.6. The number of amides is 1. The Balaban J connectivity index is 1.68. The van der Waals surface area contributed by atoms with Gasteiger partial charge in [0.1, 0.15) is 0 Å². The van der Waals surface area contributed by atoms with Crippen molar-refractivity contribution < 1.29 is 4.79 Å². The van der Waals surface area contributed by atoms with Crippen molar-refractivity contribution in [3.05, 3.63) is 101 Å². The Labute approximate surface area is 150 Å². The van der Waals surface area contributed by atoms with Crippen molar-refractivity contribution in [2.45, 2.75) is 5.92 Å². The van der Waals surface area contributed by atoms with Crippen LogP contribution >= 0.6 is 11.3 Å². The third kappa shape index (κ3) is 3.32. The number of hydrogen-bond donors (Lipinski definition) is 1. The van der Waals surface area contributed by atoms with Gasteiger partial charge < -0.3 is 5.32 Å². The van der Waals surface area contributed by atoms with Gasteiger partial charge in [0.05, 0.1) is 5.92 Å². The van der Waals surface area contributed by atoms with Crippen molar-refractivity contribution in [3.8, 4) is 0 Å². The van der Waals surface area contributed by atoms with Gasteiger partial charge >= 0.3 is 0 Å². The minimum atomic E-state index is -0.333. The van der Waals surface area contributed by atoms with Gasteiger partial charge in [0, 0.05) is 10.4 Å². The molecule has 25 heavy (non-hydrogen) atoms. The molecule has 0 unspecified atom stereocenters. The zero-order chi connectivity index (χ0) is 17.1. The van der Waals surface area contributed by atoms with Crippen molar-refractivity contribution in [1.29, 1.82) is 0 Å². The lowest BCUT2D eigenvalue weighted by molar-refractivity contribution is -0.116. The molecule has 4 aromatic rings. The summed E-state index contributed by atoms with van der Waals surface area (Å²) in [6.45, 7) is 0. The van der Waals surface area contributed by atoms with Gasteiger partial charge in [-0.15, -0.1) is 11.3 Å². The molecule has 0 saturated carbocycles. The molecule has 0 atom stereocenters. The number of benzene rings is 3. The average Bonchev–Trinajstić information content (AvgIpc) is 3.11. The Kier molecular flexibility index (Phi) is 4.32. The molecule has 0 spiro atoms. The van der Waals surface area contributed by atoms with Crippen LogP contribution in [0.25, 0.3) is 10.1 Å². The predicted molar refractivity (Wildman–Crippen MR) is 105 cm³/mol. The van der Waals surface area contributed by atoms with E-state index in [-0.39, 0.29) is 11.8 Å². The summed E-state index contributed by atoms with van der Waals surface area (Å²) in [6.07, 6.45) is 0. The largest absolute Gasteiger partial charge is 0.325 e. The first-order chi connectivity index (χ1) is 12.3. The minimum absolute atomic E-state index is 0.0213. The summed E-state index contributed by atoms with van der Waals surface area (Å²) in [7, 11) is 0. The summed E-state index contributed by atoms with van der Waals surface area (Å²) in [5.74, 6) is -0.354. The summed E-state index contributed by atoms with van der Waals surface area (Å²) in [5, 5.41) is 6.30. The Hall–Kier alpha value is -2.91. The topological polar surface area (TPSA) is 29.1 Å². The van der Waals surface area contributed by atoms with Crippen LogP contribution in [-0.4, -0.2) is 5.91 Å². The molecule has 0 saturated heterocycles. The number of rotatable bonds is 4. The van der Waals surface area contributed by atoms with E-state index in [4.69, 9.17) is 0 Å². The van der Waals surface area contributed by atoms with E-state index in [1.165, 1.54) is 4.70 Å². The van der Waals surface area contributed by atoms with Crippen molar-refractivity contribution in [1.82, 2.24) is 0 Å². The SMILES string of the molecule is O=C(Nc1ccc2sccc2c1)C(c1ccccc1)c1ccccc1. The molecule has 1 N–H and O–H groups in total. The highest BCUT2D eigenvalue weighted by Crippen LogP contribution is 2.28. The fourth-order valence-electron chi connectivity index (χ4n) is 3.05. The number of thiophene rings is 1. The number of hydrogen-bond acceptors (Lipinski definition) is 2. The monoisotopic (exact) mass is 343 g/mol. The van der Waals surface area contributed by atoms with Crippen molar-refractivity contribution in [3.63, 3.8) is 0 Å². The Bertz CT molecular complexity index is 953. The van der Waals surface area contributed by atoms with Gasteiger partial charge in [0.2, 0.25) is 5.91 Å². The van der Waals surface area contributed by atoms with E-state index in [2.05, 4.69) is 22.8 Å². The molecule has 1 amide bonds. The van der Waals surface area contributed by atoms with Crippen LogP contribution in [0.5, 0.6) is 0 Å². The van der Waals surface area contributed by atoms with E-state index in [9.17, 15) is 4.79 Å². The van der Waals surface area contributed by atoms with E-state index in [1.54, 1.807) is 11.3 Å². The second kappa shape index (κ2) is 6.91. The third-order valence-corrected chi connectivity index (χ3v) is 5.15.